The second-order valence-electron chi connectivity index (χ2n) is 11.5. The fourth-order valence-electron chi connectivity index (χ4n) is 4.44. The number of aromatic hydroxyl groups is 1. The summed E-state index contributed by atoms with van der Waals surface area (Å²) in [5.41, 5.74) is 2.51. The van der Waals surface area contributed by atoms with Gasteiger partial charge >= 0.3 is 12.1 Å². The maximum atomic E-state index is 14.4. The van der Waals surface area contributed by atoms with Crippen molar-refractivity contribution in [3.05, 3.63) is 64.7 Å². The SMILES string of the molecule is CCCCN(C(=O)C(Cc1ccc(O)cc1)NC(=O)OC(C)(C)C)C(C(=O)NCCC(=O)OCC)c1ccc(C)c(C)c1. The Hall–Kier alpha value is -4.08. The van der Waals surface area contributed by atoms with E-state index in [2.05, 4.69) is 10.6 Å². The van der Waals surface area contributed by atoms with Gasteiger partial charge in [-0.25, -0.2) is 4.79 Å². The number of aryl methyl sites for hydroxylation is 2. The number of phenolic OH excluding ortho intramolecular Hbond substituents is 1. The highest BCUT2D eigenvalue weighted by atomic mass is 16.6. The summed E-state index contributed by atoms with van der Waals surface area (Å²) in [4.78, 5) is 54.5. The number of carbonyl (C=O) groups excluding carboxylic acids is 4. The Morgan fingerprint density at radius 3 is 2.23 bits per heavy atom. The molecule has 2 atom stereocenters. The maximum absolute atomic E-state index is 14.4. The van der Waals surface area contributed by atoms with Crippen molar-refractivity contribution in [2.45, 2.75) is 91.8 Å². The number of hydrogen-bond acceptors (Lipinski definition) is 7. The van der Waals surface area contributed by atoms with E-state index < -0.39 is 41.6 Å². The highest BCUT2D eigenvalue weighted by Gasteiger charge is 2.36. The van der Waals surface area contributed by atoms with Crippen LogP contribution in [-0.2, 0) is 30.3 Å². The van der Waals surface area contributed by atoms with Crippen LogP contribution in [0.15, 0.2) is 42.5 Å². The number of esters is 1. The number of unbranched alkanes of at least 4 members (excludes halogenated alkanes) is 1. The van der Waals surface area contributed by atoms with E-state index in [-0.39, 0.29) is 38.3 Å². The minimum atomic E-state index is -1.07. The van der Waals surface area contributed by atoms with Gasteiger partial charge in [0.1, 0.15) is 23.4 Å². The largest absolute Gasteiger partial charge is 0.508 e. The number of carbonyl (C=O) groups is 4. The third-order valence-electron chi connectivity index (χ3n) is 6.74. The molecule has 2 aromatic rings. The van der Waals surface area contributed by atoms with Crippen molar-refractivity contribution in [1.29, 1.82) is 0 Å². The van der Waals surface area contributed by atoms with Crippen molar-refractivity contribution in [2.75, 3.05) is 19.7 Å². The van der Waals surface area contributed by atoms with Gasteiger partial charge in [-0.1, -0.05) is 43.7 Å². The summed E-state index contributed by atoms with van der Waals surface area (Å²) in [6.45, 7) is 13.3. The number of phenols is 1. The van der Waals surface area contributed by atoms with Gasteiger partial charge < -0.3 is 30.1 Å². The van der Waals surface area contributed by atoms with Crippen LogP contribution in [0.1, 0.15) is 82.2 Å². The fraction of sp³-hybridized carbons (Fsp3) is 0.515. The molecule has 0 aliphatic carbocycles. The van der Waals surface area contributed by atoms with Crippen LogP contribution >= 0.6 is 0 Å². The first-order valence-electron chi connectivity index (χ1n) is 14.8. The van der Waals surface area contributed by atoms with Gasteiger partial charge in [-0.15, -0.1) is 0 Å². The van der Waals surface area contributed by atoms with Crippen molar-refractivity contribution in [1.82, 2.24) is 15.5 Å². The molecule has 0 saturated heterocycles. The molecule has 236 valence electrons. The van der Waals surface area contributed by atoms with Crippen molar-refractivity contribution < 1.29 is 33.8 Å². The van der Waals surface area contributed by atoms with E-state index in [1.807, 2.05) is 39.0 Å². The Labute approximate surface area is 255 Å². The molecule has 2 unspecified atom stereocenters. The number of nitrogens with zero attached hydrogens (tertiary/aromatic N) is 1. The second-order valence-corrected chi connectivity index (χ2v) is 11.5. The molecule has 3 N–H and O–H groups in total. The predicted octanol–water partition coefficient (Wildman–Crippen LogP) is 4.88. The first-order valence-corrected chi connectivity index (χ1v) is 14.8. The average molecular weight is 598 g/mol. The number of hydrogen-bond donors (Lipinski definition) is 3. The summed E-state index contributed by atoms with van der Waals surface area (Å²) in [5.74, 6) is -1.26. The van der Waals surface area contributed by atoms with Crippen molar-refractivity contribution in [2.24, 2.45) is 0 Å². The zero-order chi connectivity index (χ0) is 32.2. The third kappa shape index (κ3) is 11.6. The van der Waals surface area contributed by atoms with Crippen molar-refractivity contribution in [3.8, 4) is 5.75 Å². The van der Waals surface area contributed by atoms with Gasteiger partial charge in [-0.3, -0.25) is 14.4 Å². The Balaban J connectivity index is 2.53. The lowest BCUT2D eigenvalue weighted by atomic mass is 9.97. The number of nitrogens with one attached hydrogen (secondary N) is 2. The van der Waals surface area contributed by atoms with E-state index >= 15 is 0 Å². The maximum Gasteiger partial charge on any atom is 0.408 e. The van der Waals surface area contributed by atoms with Crippen LogP contribution in [0, 0.1) is 13.8 Å². The molecule has 0 aromatic heterocycles. The lowest BCUT2D eigenvalue weighted by molar-refractivity contribution is -0.144. The third-order valence-corrected chi connectivity index (χ3v) is 6.74. The molecule has 0 heterocycles. The molecule has 0 aliphatic rings. The first kappa shape index (κ1) is 35.1. The number of amides is 3. The van der Waals surface area contributed by atoms with Gasteiger partial charge in [0, 0.05) is 19.5 Å². The quantitative estimate of drug-likeness (QED) is 0.264. The minimum absolute atomic E-state index is 0.00813. The van der Waals surface area contributed by atoms with Gasteiger partial charge in [-0.05, 0) is 82.3 Å². The Morgan fingerprint density at radius 2 is 1.65 bits per heavy atom. The lowest BCUT2D eigenvalue weighted by Gasteiger charge is -2.35. The molecule has 0 fully saturated rings. The molecular formula is C33H47N3O7. The highest BCUT2D eigenvalue weighted by molar-refractivity contribution is 5.92. The molecule has 2 aromatic carbocycles. The topological polar surface area (TPSA) is 134 Å². The number of ether oxygens (including phenoxy) is 2. The summed E-state index contributed by atoms with van der Waals surface area (Å²) < 4.78 is 10.4. The van der Waals surface area contributed by atoms with E-state index in [1.54, 1.807) is 39.8 Å². The lowest BCUT2D eigenvalue weighted by Crippen LogP contribution is -2.54. The van der Waals surface area contributed by atoms with Crippen molar-refractivity contribution >= 4 is 23.9 Å². The second kappa shape index (κ2) is 16.5. The van der Waals surface area contributed by atoms with Gasteiger partial charge in [0.15, 0.2) is 0 Å². The van der Waals surface area contributed by atoms with Gasteiger partial charge in [-0.2, -0.15) is 0 Å². The minimum Gasteiger partial charge on any atom is -0.508 e. The number of benzene rings is 2. The van der Waals surface area contributed by atoms with Crippen molar-refractivity contribution in [3.63, 3.8) is 0 Å². The Kier molecular flexibility index (Phi) is 13.5. The first-order chi connectivity index (χ1) is 20.2. The Morgan fingerprint density at radius 1 is 0.977 bits per heavy atom. The standard InChI is InChI=1S/C33H47N3O7/c1-8-10-19-36(29(25-14-11-22(3)23(4)20-25)30(39)34-18-17-28(38)42-9-2)31(40)27(35-32(41)43-33(5,6)7)21-24-12-15-26(37)16-13-24/h11-16,20,27,29,37H,8-10,17-19,21H2,1-7H3,(H,34,39)(H,35,41). The number of rotatable bonds is 14. The average Bonchev–Trinajstić information content (AvgIpc) is 2.92. The molecule has 0 spiro atoms. The highest BCUT2D eigenvalue weighted by Crippen LogP contribution is 2.26. The molecule has 43 heavy (non-hydrogen) atoms. The molecule has 0 radical (unpaired) electrons. The Bertz CT molecular complexity index is 1240. The monoisotopic (exact) mass is 597 g/mol. The molecule has 0 bridgehead atoms. The van der Waals surface area contributed by atoms with Crippen LogP contribution in [-0.4, -0.2) is 65.2 Å². The van der Waals surface area contributed by atoms with Gasteiger partial charge in [0.2, 0.25) is 11.8 Å². The van der Waals surface area contributed by atoms with Crippen LogP contribution in [0.4, 0.5) is 4.79 Å². The van der Waals surface area contributed by atoms with Gasteiger partial charge in [0.05, 0.1) is 13.0 Å². The summed E-state index contributed by atoms with van der Waals surface area (Å²) >= 11 is 0. The summed E-state index contributed by atoms with van der Waals surface area (Å²) in [5, 5.41) is 15.3. The van der Waals surface area contributed by atoms with E-state index in [4.69, 9.17) is 9.47 Å². The molecule has 10 nitrogen and oxygen atoms in total. The summed E-state index contributed by atoms with van der Waals surface area (Å²) in [6, 6.07) is 9.87. The van der Waals surface area contributed by atoms with Crippen LogP contribution in [0.2, 0.25) is 0 Å². The zero-order valence-electron chi connectivity index (χ0n) is 26.5. The van der Waals surface area contributed by atoms with E-state index in [9.17, 15) is 24.3 Å². The van der Waals surface area contributed by atoms with Crippen LogP contribution in [0.25, 0.3) is 0 Å². The molecule has 2 rings (SSSR count). The predicted molar refractivity (Wildman–Crippen MR) is 165 cm³/mol. The molecule has 0 aliphatic heterocycles. The molecule has 10 heteroatoms. The van der Waals surface area contributed by atoms with E-state index in [0.717, 1.165) is 17.5 Å². The molecule has 3 amide bonds. The van der Waals surface area contributed by atoms with Crippen LogP contribution in [0.5, 0.6) is 5.75 Å². The zero-order valence-corrected chi connectivity index (χ0v) is 26.5. The fourth-order valence-corrected chi connectivity index (χ4v) is 4.44. The molecular weight excluding hydrogens is 550 g/mol. The van der Waals surface area contributed by atoms with E-state index in [1.165, 1.54) is 17.0 Å². The van der Waals surface area contributed by atoms with E-state index in [0.29, 0.717) is 17.5 Å². The normalized spacial score (nSPS) is 12.5. The van der Waals surface area contributed by atoms with Crippen LogP contribution in [0.3, 0.4) is 0 Å². The number of alkyl carbamates (subject to hydrolysis) is 1. The van der Waals surface area contributed by atoms with Crippen LogP contribution < -0.4 is 10.6 Å². The van der Waals surface area contributed by atoms with Gasteiger partial charge in [0.25, 0.3) is 0 Å². The molecule has 0 saturated carbocycles. The summed E-state index contributed by atoms with van der Waals surface area (Å²) in [7, 11) is 0. The smallest absolute Gasteiger partial charge is 0.408 e. The summed E-state index contributed by atoms with van der Waals surface area (Å²) in [6.07, 6.45) is 0.704.